The van der Waals surface area contributed by atoms with E-state index in [1.54, 1.807) is 21.3 Å². The average Bonchev–Trinajstić information content (AvgIpc) is 3.30. The molecule has 0 unspecified atom stereocenters. The van der Waals surface area contributed by atoms with Gasteiger partial charge in [0.2, 0.25) is 5.75 Å². The van der Waals surface area contributed by atoms with Gasteiger partial charge in [0.15, 0.2) is 11.5 Å². The van der Waals surface area contributed by atoms with Gasteiger partial charge in [-0.1, -0.05) is 25.5 Å². The van der Waals surface area contributed by atoms with E-state index in [-0.39, 0.29) is 0 Å². The summed E-state index contributed by atoms with van der Waals surface area (Å²) >= 11 is 12.0. The molecule has 0 N–H and O–H groups in total. The number of ether oxygens (including phenoxy) is 3. The van der Waals surface area contributed by atoms with Gasteiger partial charge in [-0.05, 0) is 30.7 Å². The van der Waals surface area contributed by atoms with Gasteiger partial charge in [0, 0.05) is 48.2 Å². The van der Waals surface area contributed by atoms with E-state index in [0.717, 1.165) is 60.7 Å². The van der Waals surface area contributed by atoms with Crippen LogP contribution in [0.4, 0.5) is 5.69 Å². The first-order chi connectivity index (χ1) is 16.6. The fourth-order valence-electron chi connectivity index (χ4n) is 4.02. The minimum atomic E-state index is 0.549. The van der Waals surface area contributed by atoms with Crippen LogP contribution in [0.25, 0.3) is 22.5 Å². The first kappa shape index (κ1) is 26.0. The standard InChI is InChI=1S/C26H33Cl2N3O3/c1-5-6-13-31-18-29-24(20-16-22(32-2)26(34-4)23(17-20)33-3)25(31)19-7-9-21(10-8-19)30(14-11-27)15-12-28/h7-10,16-18H,5-6,11-15H2,1-4H3. The largest absolute Gasteiger partial charge is 0.493 e. The molecule has 0 aliphatic carbocycles. The summed E-state index contributed by atoms with van der Waals surface area (Å²) in [6.45, 7) is 4.57. The van der Waals surface area contributed by atoms with Crippen LogP contribution in [-0.2, 0) is 6.54 Å². The second-order valence-corrected chi connectivity index (χ2v) is 8.57. The van der Waals surface area contributed by atoms with Gasteiger partial charge in [0.25, 0.3) is 0 Å². The van der Waals surface area contributed by atoms with Crippen molar-refractivity contribution in [3.8, 4) is 39.8 Å². The number of rotatable bonds is 13. The Bertz CT molecular complexity index is 1020. The van der Waals surface area contributed by atoms with Gasteiger partial charge in [-0.2, -0.15) is 0 Å². The highest BCUT2D eigenvalue weighted by Gasteiger charge is 2.20. The van der Waals surface area contributed by atoms with E-state index >= 15 is 0 Å². The molecule has 0 bridgehead atoms. The van der Waals surface area contributed by atoms with E-state index in [0.29, 0.717) is 29.0 Å². The molecule has 0 aliphatic rings. The Balaban J connectivity index is 2.10. The normalized spacial score (nSPS) is 10.9. The molecule has 0 radical (unpaired) electrons. The number of halogens is 2. The Kier molecular flexibility index (Phi) is 9.78. The van der Waals surface area contributed by atoms with Crippen molar-refractivity contribution in [3.05, 3.63) is 42.7 Å². The first-order valence-corrected chi connectivity index (χ1v) is 12.5. The predicted octanol–water partition coefficient (Wildman–Crippen LogP) is 6.33. The fourth-order valence-corrected chi connectivity index (χ4v) is 4.42. The molecule has 2 aromatic carbocycles. The zero-order valence-corrected chi connectivity index (χ0v) is 21.8. The SMILES string of the molecule is CCCCn1cnc(-c2cc(OC)c(OC)c(OC)c2)c1-c1ccc(N(CCCl)CCCl)cc1. The summed E-state index contributed by atoms with van der Waals surface area (Å²) in [6.07, 6.45) is 4.07. The van der Waals surface area contributed by atoms with E-state index in [1.165, 1.54) is 0 Å². The number of aryl methyl sites for hydroxylation is 1. The Morgan fingerprint density at radius 2 is 1.50 bits per heavy atom. The molecule has 184 valence electrons. The van der Waals surface area contributed by atoms with Crippen LogP contribution in [0.3, 0.4) is 0 Å². The number of benzene rings is 2. The Hall–Kier alpha value is -2.57. The Labute approximate surface area is 212 Å². The molecule has 1 heterocycles. The van der Waals surface area contributed by atoms with Crippen LogP contribution >= 0.6 is 23.2 Å². The summed E-state index contributed by atoms with van der Waals surface area (Å²) in [7, 11) is 4.84. The van der Waals surface area contributed by atoms with Crippen molar-refractivity contribution in [2.24, 2.45) is 0 Å². The smallest absolute Gasteiger partial charge is 0.203 e. The number of hydrogen-bond acceptors (Lipinski definition) is 5. The number of alkyl halides is 2. The number of anilines is 1. The van der Waals surface area contributed by atoms with Crippen molar-refractivity contribution in [3.63, 3.8) is 0 Å². The quantitative estimate of drug-likeness (QED) is 0.254. The lowest BCUT2D eigenvalue weighted by atomic mass is 10.0. The number of hydrogen-bond donors (Lipinski definition) is 0. The lowest BCUT2D eigenvalue weighted by Gasteiger charge is -2.23. The minimum Gasteiger partial charge on any atom is -0.493 e. The fraction of sp³-hybridized carbons (Fsp3) is 0.423. The van der Waals surface area contributed by atoms with Gasteiger partial charge in [-0.15, -0.1) is 23.2 Å². The zero-order valence-electron chi connectivity index (χ0n) is 20.3. The van der Waals surface area contributed by atoms with Crippen molar-refractivity contribution in [1.29, 1.82) is 0 Å². The molecule has 1 aromatic heterocycles. The molecule has 0 amide bonds. The van der Waals surface area contributed by atoms with E-state index in [4.69, 9.17) is 42.4 Å². The van der Waals surface area contributed by atoms with Crippen molar-refractivity contribution < 1.29 is 14.2 Å². The third-order valence-electron chi connectivity index (χ3n) is 5.74. The topological polar surface area (TPSA) is 48.8 Å². The maximum absolute atomic E-state index is 6.00. The van der Waals surface area contributed by atoms with E-state index < -0.39 is 0 Å². The van der Waals surface area contributed by atoms with Crippen molar-refractivity contribution in [2.45, 2.75) is 26.3 Å². The second kappa shape index (κ2) is 12.8. The van der Waals surface area contributed by atoms with Gasteiger partial charge >= 0.3 is 0 Å². The Morgan fingerprint density at radius 1 is 0.882 bits per heavy atom. The van der Waals surface area contributed by atoms with E-state index in [2.05, 4.69) is 40.7 Å². The van der Waals surface area contributed by atoms with Crippen LogP contribution in [0.1, 0.15) is 19.8 Å². The van der Waals surface area contributed by atoms with Crippen molar-refractivity contribution in [2.75, 3.05) is 51.1 Å². The van der Waals surface area contributed by atoms with Gasteiger partial charge in [0.05, 0.1) is 39.0 Å². The zero-order chi connectivity index (χ0) is 24.5. The van der Waals surface area contributed by atoms with E-state index in [9.17, 15) is 0 Å². The molecule has 0 fully saturated rings. The van der Waals surface area contributed by atoms with Crippen LogP contribution in [0.15, 0.2) is 42.7 Å². The summed E-state index contributed by atoms with van der Waals surface area (Å²) in [6, 6.07) is 12.4. The maximum Gasteiger partial charge on any atom is 0.203 e. The predicted molar refractivity (Wildman–Crippen MR) is 141 cm³/mol. The number of methoxy groups -OCH3 is 3. The summed E-state index contributed by atoms with van der Waals surface area (Å²) in [5.74, 6) is 2.85. The second-order valence-electron chi connectivity index (χ2n) is 7.81. The van der Waals surface area contributed by atoms with Crippen molar-refractivity contribution in [1.82, 2.24) is 9.55 Å². The molecule has 3 aromatic rings. The number of imidazole rings is 1. The van der Waals surface area contributed by atoms with Crippen LogP contribution in [0.5, 0.6) is 17.2 Å². The minimum absolute atomic E-state index is 0.549. The molecule has 8 heteroatoms. The summed E-state index contributed by atoms with van der Waals surface area (Å²) in [5.41, 5.74) is 4.99. The highest BCUT2D eigenvalue weighted by atomic mass is 35.5. The van der Waals surface area contributed by atoms with Gasteiger partial charge in [0.1, 0.15) is 0 Å². The first-order valence-electron chi connectivity index (χ1n) is 11.4. The molecule has 0 atom stereocenters. The van der Waals surface area contributed by atoms with Crippen LogP contribution < -0.4 is 19.1 Å². The lowest BCUT2D eigenvalue weighted by molar-refractivity contribution is 0.324. The molecule has 0 spiro atoms. The molecule has 0 saturated carbocycles. The maximum atomic E-state index is 6.00. The lowest BCUT2D eigenvalue weighted by Crippen LogP contribution is -2.27. The Morgan fingerprint density at radius 3 is 2.00 bits per heavy atom. The van der Waals surface area contributed by atoms with Gasteiger partial charge < -0.3 is 23.7 Å². The van der Waals surface area contributed by atoms with E-state index in [1.807, 2.05) is 18.5 Å². The third-order valence-corrected chi connectivity index (χ3v) is 6.08. The van der Waals surface area contributed by atoms with Crippen molar-refractivity contribution >= 4 is 28.9 Å². The number of aromatic nitrogens is 2. The van der Waals surface area contributed by atoms with Crippen LogP contribution in [0.2, 0.25) is 0 Å². The van der Waals surface area contributed by atoms with Crippen LogP contribution in [0, 0.1) is 0 Å². The molecule has 34 heavy (non-hydrogen) atoms. The van der Waals surface area contributed by atoms with Gasteiger partial charge in [-0.25, -0.2) is 4.98 Å². The summed E-state index contributed by atoms with van der Waals surface area (Å²) < 4.78 is 18.9. The average molecular weight is 506 g/mol. The highest BCUT2D eigenvalue weighted by molar-refractivity contribution is 6.18. The molecular formula is C26H33Cl2N3O3. The molecule has 0 saturated heterocycles. The number of nitrogens with zero attached hydrogens (tertiary/aromatic N) is 3. The number of unbranched alkanes of at least 4 members (excludes halogenated alkanes) is 1. The summed E-state index contributed by atoms with van der Waals surface area (Å²) in [5, 5.41) is 0. The molecule has 0 aliphatic heterocycles. The summed E-state index contributed by atoms with van der Waals surface area (Å²) in [4.78, 5) is 7.00. The molecule has 3 rings (SSSR count). The molecular weight excluding hydrogens is 473 g/mol. The van der Waals surface area contributed by atoms with Crippen LogP contribution in [-0.4, -0.2) is 55.7 Å². The monoisotopic (exact) mass is 505 g/mol. The molecule has 6 nitrogen and oxygen atoms in total. The highest BCUT2D eigenvalue weighted by Crippen LogP contribution is 2.43. The third kappa shape index (κ3) is 5.73. The van der Waals surface area contributed by atoms with Gasteiger partial charge in [-0.3, -0.25) is 0 Å².